The average Bonchev–Trinajstić information content (AvgIpc) is 2.98. The highest BCUT2D eigenvalue weighted by atomic mass is 19.1. The third-order valence-corrected chi connectivity index (χ3v) is 5.04. The van der Waals surface area contributed by atoms with Crippen molar-refractivity contribution in [1.29, 1.82) is 0 Å². The van der Waals surface area contributed by atoms with Crippen LogP contribution in [0.3, 0.4) is 0 Å². The Hall–Kier alpha value is -3.68. The van der Waals surface area contributed by atoms with Gasteiger partial charge >= 0.3 is 0 Å². The Kier molecular flexibility index (Phi) is 4.99. The first-order valence-corrected chi connectivity index (χ1v) is 9.54. The van der Waals surface area contributed by atoms with Gasteiger partial charge in [0.2, 0.25) is 5.91 Å². The van der Waals surface area contributed by atoms with Crippen molar-refractivity contribution in [3.8, 4) is 11.4 Å². The maximum atomic E-state index is 13.2. The molecule has 1 aliphatic rings. The molecular formula is C22H21FN4O3. The van der Waals surface area contributed by atoms with Crippen molar-refractivity contribution in [3.63, 3.8) is 0 Å². The van der Waals surface area contributed by atoms with E-state index in [9.17, 15) is 14.0 Å². The minimum Gasteiger partial charge on any atom is -0.479 e. The number of amides is 2. The zero-order valence-corrected chi connectivity index (χ0v) is 16.8. The van der Waals surface area contributed by atoms with Crippen LogP contribution in [0.4, 0.5) is 15.8 Å². The molecule has 4 rings (SSSR count). The highest BCUT2D eigenvalue weighted by molar-refractivity contribution is 5.99. The molecule has 0 saturated heterocycles. The van der Waals surface area contributed by atoms with Gasteiger partial charge in [-0.3, -0.25) is 9.59 Å². The Morgan fingerprint density at radius 3 is 2.70 bits per heavy atom. The Balaban J connectivity index is 1.50. The van der Waals surface area contributed by atoms with Crippen LogP contribution in [0.25, 0.3) is 5.69 Å². The lowest BCUT2D eigenvalue weighted by molar-refractivity contribution is -0.122. The molecule has 2 N–H and O–H groups in total. The summed E-state index contributed by atoms with van der Waals surface area (Å²) in [6.45, 7) is 5.38. The predicted octanol–water partition coefficient (Wildman–Crippen LogP) is 3.53. The fourth-order valence-corrected chi connectivity index (χ4v) is 3.42. The van der Waals surface area contributed by atoms with E-state index in [1.54, 1.807) is 41.9 Å². The van der Waals surface area contributed by atoms with Gasteiger partial charge in [-0.15, -0.1) is 0 Å². The molecule has 2 heterocycles. The van der Waals surface area contributed by atoms with Crippen LogP contribution in [0.5, 0.6) is 5.75 Å². The summed E-state index contributed by atoms with van der Waals surface area (Å²) in [6, 6.07) is 11.1. The molecule has 0 saturated carbocycles. The Morgan fingerprint density at radius 2 is 1.97 bits per heavy atom. The van der Waals surface area contributed by atoms with Gasteiger partial charge in [0, 0.05) is 16.9 Å². The lowest BCUT2D eigenvalue weighted by atomic mass is 10.1. The van der Waals surface area contributed by atoms with E-state index in [4.69, 9.17) is 4.74 Å². The van der Waals surface area contributed by atoms with Crippen molar-refractivity contribution < 1.29 is 18.7 Å². The molecule has 0 aliphatic carbocycles. The van der Waals surface area contributed by atoms with Gasteiger partial charge in [-0.1, -0.05) is 0 Å². The largest absolute Gasteiger partial charge is 0.479 e. The smallest absolute Gasteiger partial charge is 0.265 e. The number of aryl methyl sites for hydroxylation is 1. The van der Waals surface area contributed by atoms with E-state index in [1.807, 2.05) is 13.8 Å². The highest BCUT2D eigenvalue weighted by Crippen LogP contribution is 2.32. The summed E-state index contributed by atoms with van der Waals surface area (Å²) in [5.41, 5.74) is 4.15. The van der Waals surface area contributed by atoms with Crippen LogP contribution in [-0.4, -0.2) is 27.7 Å². The van der Waals surface area contributed by atoms with Crippen LogP contribution in [-0.2, 0) is 16.0 Å². The second-order valence-electron chi connectivity index (χ2n) is 7.22. The maximum Gasteiger partial charge on any atom is 0.265 e. The summed E-state index contributed by atoms with van der Waals surface area (Å²) < 4.78 is 20.4. The van der Waals surface area contributed by atoms with Gasteiger partial charge < -0.3 is 15.4 Å². The van der Waals surface area contributed by atoms with Gasteiger partial charge in [-0.2, -0.15) is 5.10 Å². The number of benzene rings is 2. The van der Waals surface area contributed by atoms with Crippen LogP contribution in [0.15, 0.2) is 42.5 Å². The number of fused-ring (bicyclic) bond motifs is 1. The second-order valence-corrected chi connectivity index (χ2v) is 7.22. The molecule has 0 unspecified atom stereocenters. The number of hydrogen-bond acceptors (Lipinski definition) is 4. The second kappa shape index (κ2) is 7.62. The van der Waals surface area contributed by atoms with E-state index in [1.165, 1.54) is 12.1 Å². The van der Waals surface area contributed by atoms with Crippen LogP contribution in [0.2, 0.25) is 0 Å². The van der Waals surface area contributed by atoms with Gasteiger partial charge in [-0.05, 0) is 63.2 Å². The molecule has 154 valence electrons. The van der Waals surface area contributed by atoms with Crippen LogP contribution < -0.4 is 15.4 Å². The summed E-state index contributed by atoms with van der Waals surface area (Å²) in [5, 5.41) is 10.1. The van der Waals surface area contributed by atoms with E-state index in [0.29, 0.717) is 17.1 Å². The summed E-state index contributed by atoms with van der Waals surface area (Å²) in [5.74, 6) is -0.199. The number of hydrogen-bond donors (Lipinski definition) is 2. The third kappa shape index (κ3) is 3.76. The van der Waals surface area contributed by atoms with E-state index in [0.717, 1.165) is 22.6 Å². The fourth-order valence-electron chi connectivity index (χ4n) is 3.42. The molecule has 0 fully saturated rings. The fraction of sp³-hybridized carbons (Fsp3) is 0.227. The summed E-state index contributed by atoms with van der Waals surface area (Å²) in [4.78, 5) is 24.4. The number of carbonyl (C=O) groups is 2. The van der Waals surface area contributed by atoms with Gasteiger partial charge in [0.25, 0.3) is 5.91 Å². The van der Waals surface area contributed by atoms with Crippen molar-refractivity contribution in [3.05, 3.63) is 65.2 Å². The molecule has 0 spiro atoms. The van der Waals surface area contributed by atoms with Gasteiger partial charge in [-0.25, -0.2) is 9.07 Å². The monoisotopic (exact) mass is 408 g/mol. The van der Waals surface area contributed by atoms with Gasteiger partial charge in [0.1, 0.15) is 11.6 Å². The molecule has 30 heavy (non-hydrogen) atoms. The van der Waals surface area contributed by atoms with Gasteiger partial charge in [0.15, 0.2) is 6.10 Å². The third-order valence-electron chi connectivity index (χ3n) is 5.04. The zero-order valence-electron chi connectivity index (χ0n) is 16.8. The number of halogens is 1. The molecule has 1 aliphatic heterocycles. The number of nitrogens with one attached hydrogen (secondary N) is 2. The minimum absolute atomic E-state index is 0.135. The number of aromatic nitrogens is 2. The molecule has 1 atom stereocenters. The van der Waals surface area contributed by atoms with E-state index in [-0.39, 0.29) is 24.1 Å². The summed E-state index contributed by atoms with van der Waals surface area (Å²) in [7, 11) is 0. The highest BCUT2D eigenvalue weighted by Gasteiger charge is 2.24. The van der Waals surface area contributed by atoms with Crippen LogP contribution >= 0.6 is 0 Å². The van der Waals surface area contributed by atoms with Gasteiger partial charge in [0.05, 0.1) is 23.5 Å². The number of nitrogens with zero attached hydrogens (tertiary/aromatic N) is 2. The average molecular weight is 408 g/mol. The number of rotatable bonds is 4. The van der Waals surface area contributed by atoms with Crippen LogP contribution in [0, 0.1) is 19.7 Å². The topological polar surface area (TPSA) is 85.3 Å². The summed E-state index contributed by atoms with van der Waals surface area (Å²) in [6.07, 6.45) is -0.419. The quantitative estimate of drug-likeness (QED) is 0.692. The molecule has 8 heteroatoms. The molecule has 0 bridgehead atoms. The zero-order chi connectivity index (χ0) is 21.4. The molecule has 1 aromatic heterocycles. The van der Waals surface area contributed by atoms with Crippen molar-refractivity contribution in [1.82, 2.24) is 9.78 Å². The van der Waals surface area contributed by atoms with Crippen LogP contribution in [0.1, 0.15) is 23.9 Å². The molecular weight excluding hydrogens is 387 g/mol. The summed E-state index contributed by atoms with van der Waals surface area (Å²) >= 11 is 0. The number of anilines is 2. The Bertz CT molecular complexity index is 1140. The minimum atomic E-state index is -0.554. The van der Waals surface area contributed by atoms with Crippen molar-refractivity contribution >= 4 is 23.2 Å². The lowest BCUT2D eigenvalue weighted by Crippen LogP contribution is -2.34. The first-order valence-electron chi connectivity index (χ1n) is 9.54. The van der Waals surface area contributed by atoms with Crippen molar-refractivity contribution in [2.45, 2.75) is 33.3 Å². The van der Waals surface area contributed by atoms with Crippen molar-refractivity contribution in [2.24, 2.45) is 0 Å². The lowest BCUT2D eigenvalue weighted by Gasteiger charge is -2.23. The first kappa shape index (κ1) is 19.6. The molecule has 3 aromatic rings. The molecule has 0 radical (unpaired) electrons. The number of carbonyl (C=O) groups excluding carboxylic acids is 2. The van der Waals surface area contributed by atoms with E-state index < -0.39 is 6.10 Å². The Morgan fingerprint density at radius 1 is 1.23 bits per heavy atom. The normalized spacial score (nSPS) is 15.2. The maximum absolute atomic E-state index is 13.2. The standard InChI is InChI=1S/C22H21FN4O3/c1-12-18(13(2)27(26-12)17-7-4-15(23)5-8-17)11-21(28)24-16-6-9-20-19(10-16)25-22(29)14(3)30-20/h4-10,14H,11H2,1-3H3,(H,24,28)(H,25,29)/t14-/m0/s1. The number of ether oxygens (including phenoxy) is 1. The van der Waals surface area contributed by atoms with E-state index >= 15 is 0 Å². The first-order chi connectivity index (χ1) is 14.3. The molecule has 2 aromatic carbocycles. The Labute approximate surface area is 172 Å². The molecule has 7 nitrogen and oxygen atoms in total. The molecule has 2 amide bonds. The SMILES string of the molecule is Cc1nn(-c2ccc(F)cc2)c(C)c1CC(=O)Nc1ccc2c(c1)NC(=O)[C@H](C)O2. The van der Waals surface area contributed by atoms with Crippen molar-refractivity contribution in [2.75, 3.05) is 10.6 Å². The van der Waals surface area contributed by atoms with E-state index in [2.05, 4.69) is 15.7 Å². The predicted molar refractivity (Wildman–Crippen MR) is 110 cm³/mol.